The summed E-state index contributed by atoms with van der Waals surface area (Å²) in [7, 11) is 1.63. The summed E-state index contributed by atoms with van der Waals surface area (Å²) in [5.41, 5.74) is 0.945. The van der Waals surface area contributed by atoms with Crippen LogP contribution in [-0.4, -0.2) is 24.4 Å². The Hall–Kier alpha value is -0.0900. The van der Waals surface area contributed by atoms with E-state index in [0.717, 1.165) is 22.9 Å². The van der Waals surface area contributed by atoms with Crippen molar-refractivity contribution in [3.8, 4) is 0 Å². The van der Waals surface area contributed by atoms with Crippen molar-refractivity contribution in [1.29, 1.82) is 0 Å². The lowest BCUT2D eigenvalue weighted by molar-refractivity contribution is -0.0159. The van der Waals surface area contributed by atoms with Gasteiger partial charge in [-0.2, -0.15) is 0 Å². The number of hydrogen-bond donors (Lipinski definition) is 1. The normalized spacial score (nSPS) is 14.6. The summed E-state index contributed by atoms with van der Waals surface area (Å²) in [6.07, 6.45) is 1.72. The standard InChI is InChI=1S/C13H18BrClO2/c1-3-4-13(17-2)12(16)7-9-5-6-10(14)8-11(9)15/h5-6,8,12-13,16H,3-4,7H2,1-2H3. The summed E-state index contributed by atoms with van der Waals surface area (Å²) in [5.74, 6) is 0. The van der Waals surface area contributed by atoms with Crippen LogP contribution in [0.2, 0.25) is 5.02 Å². The molecular formula is C13H18BrClO2. The van der Waals surface area contributed by atoms with E-state index in [1.807, 2.05) is 18.2 Å². The van der Waals surface area contributed by atoms with E-state index in [0.29, 0.717) is 11.4 Å². The van der Waals surface area contributed by atoms with Crippen molar-refractivity contribution in [2.75, 3.05) is 7.11 Å². The van der Waals surface area contributed by atoms with Gasteiger partial charge in [0.15, 0.2) is 0 Å². The van der Waals surface area contributed by atoms with Crippen molar-refractivity contribution in [3.05, 3.63) is 33.3 Å². The molecule has 1 aromatic carbocycles. The van der Waals surface area contributed by atoms with E-state index in [9.17, 15) is 5.11 Å². The zero-order valence-corrected chi connectivity index (χ0v) is 12.5. The van der Waals surface area contributed by atoms with Crippen LogP contribution in [0.4, 0.5) is 0 Å². The minimum absolute atomic E-state index is 0.125. The third-order valence-corrected chi connectivity index (χ3v) is 3.59. The van der Waals surface area contributed by atoms with Crippen LogP contribution in [-0.2, 0) is 11.2 Å². The van der Waals surface area contributed by atoms with Gasteiger partial charge >= 0.3 is 0 Å². The fourth-order valence-corrected chi connectivity index (χ4v) is 2.55. The van der Waals surface area contributed by atoms with E-state index in [2.05, 4.69) is 22.9 Å². The average Bonchev–Trinajstić information content (AvgIpc) is 2.29. The number of methoxy groups -OCH3 is 1. The summed E-state index contributed by atoms with van der Waals surface area (Å²) in [4.78, 5) is 0. The Morgan fingerprint density at radius 3 is 2.71 bits per heavy atom. The zero-order chi connectivity index (χ0) is 12.8. The van der Waals surface area contributed by atoms with Gasteiger partial charge in [0, 0.05) is 23.0 Å². The molecule has 1 rings (SSSR count). The first kappa shape index (κ1) is 15.0. The van der Waals surface area contributed by atoms with Crippen molar-refractivity contribution in [3.63, 3.8) is 0 Å². The van der Waals surface area contributed by atoms with E-state index < -0.39 is 6.10 Å². The third kappa shape index (κ3) is 4.59. The maximum absolute atomic E-state index is 10.1. The molecule has 0 heterocycles. The van der Waals surface area contributed by atoms with Gasteiger partial charge in [0.2, 0.25) is 0 Å². The molecule has 0 saturated heterocycles. The number of benzene rings is 1. The summed E-state index contributed by atoms with van der Waals surface area (Å²) in [5, 5.41) is 10.8. The van der Waals surface area contributed by atoms with Gasteiger partial charge in [0.25, 0.3) is 0 Å². The molecule has 0 bridgehead atoms. The lowest BCUT2D eigenvalue weighted by Gasteiger charge is -2.21. The van der Waals surface area contributed by atoms with Crippen LogP contribution >= 0.6 is 27.5 Å². The lowest BCUT2D eigenvalue weighted by Crippen LogP contribution is -2.29. The van der Waals surface area contributed by atoms with Crippen LogP contribution in [0, 0.1) is 0 Å². The lowest BCUT2D eigenvalue weighted by atomic mass is 10.0. The Morgan fingerprint density at radius 1 is 1.47 bits per heavy atom. The number of aliphatic hydroxyl groups excluding tert-OH is 1. The molecule has 0 radical (unpaired) electrons. The van der Waals surface area contributed by atoms with Gasteiger partial charge in [-0.1, -0.05) is 46.9 Å². The molecule has 2 unspecified atom stereocenters. The molecule has 17 heavy (non-hydrogen) atoms. The Morgan fingerprint density at radius 2 is 2.18 bits per heavy atom. The van der Waals surface area contributed by atoms with E-state index in [1.165, 1.54) is 0 Å². The minimum Gasteiger partial charge on any atom is -0.390 e. The van der Waals surface area contributed by atoms with Gasteiger partial charge in [0.05, 0.1) is 12.2 Å². The van der Waals surface area contributed by atoms with Gasteiger partial charge in [0.1, 0.15) is 0 Å². The van der Waals surface area contributed by atoms with Crippen LogP contribution in [0.15, 0.2) is 22.7 Å². The second-order valence-electron chi connectivity index (χ2n) is 4.07. The molecule has 4 heteroatoms. The average molecular weight is 322 g/mol. The summed E-state index contributed by atoms with van der Waals surface area (Å²) in [6, 6.07) is 5.69. The minimum atomic E-state index is -0.515. The quantitative estimate of drug-likeness (QED) is 0.863. The summed E-state index contributed by atoms with van der Waals surface area (Å²) in [6.45, 7) is 2.07. The van der Waals surface area contributed by atoms with E-state index >= 15 is 0 Å². The van der Waals surface area contributed by atoms with E-state index in [-0.39, 0.29) is 6.10 Å². The van der Waals surface area contributed by atoms with E-state index in [1.54, 1.807) is 7.11 Å². The molecule has 0 saturated carbocycles. The molecule has 0 aliphatic carbocycles. The number of rotatable bonds is 6. The maximum Gasteiger partial charge on any atom is 0.0842 e. The van der Waals surface area contributed by atoms with Gasteiger partial charge in [-0.15, -0.1) is 0 Å². The first-order chi connectivity index (χ1) is 8.08. The summed E-state index contributed by atoms with van der Waals surface area (Å²) >= 11 is 9.47. The van der Waals surface area contributed by atoms with Gasteiger partial charge in [-0.05, 0) is 24.1 Å². The van der Waals surface area contributed by atoms with Crippen molar-refractivity contribution < 1.29 is 9.84 Å². The summed E-state index contributed by atoms with van der Waals surface area (Å²) < 4.78 is 6.23. The Balaban J connectivity index is 2.69. The molecule has 0 spiro atoms. The molecular weight excluding hydrogens is 303 g/mol. The Bertz CT molecular complexity index is 357. The number of halogens is 2. The highest BCUT2D eigenvalue weighted by molar-refractivity contribution is 9.10. The number of hydrogen-bond acceptors (Lipinski definition) is 2. The van der Waals surface area contributed by atoms with Crippen LogP contribution in [0.5, 0.6) is 0 Å². The van der Waals surface area contributed by atoms with Crippen LogP contribution < -0.4 is 0 Å². The van der Waals surface area contributed by atoms with Crippen molar-refractivity contribution >= 4 is 27.5 Å². The first-order valence-electron chi connectivity index (χ1n) is 5.73. The first-order valence-corrected chi connectivity index (χ1v) is 6.90. The monoisotopic (exact) mass is 320 g/mol. The SMILES string of the molecule is CCCC(OC)C(O)Cc1ccc(Br)cc1Cl. The molecule has 1 aromatic rings. The molecule has 96 valence electrons. The maximum atomic E-state index is 10.1. The topological polar surface area (TPSA) is 29.5 Å². The third-order valence-electron chi connectivity index (χ3n) is 2.75. The largest absolute Gasteiger partial charge is 0.390 e. The van der Waals surface area contributed by atoms with Gasteiger partial charge in [-0.3, -0.25) is 0 Å². The molecule has 0 aromatic heterocycles. The second-order valence-corrected chi connectivity index (χ2v) is 5.39. The molecule has 0 aliphatic heterocycles. The number of aliphatic hydroxyl groups is 1. The van der Waals surface area contributed by atoms with Crippen LogP contribution in [0.25, 0.3) is 0 Å². The van der Waals surface area contributed by atoms with E-state index in [4.69, 9.17) is 16.3 Å². The highest BCUT2D eigenvalue weighted by atomic mass is 79.9. The van der Waals surface area contributed by atoms with Crippen molar-refractivity contribution in [2.45, 2.75) is 38.4 Å². The highest BCUT2D eigenvalue weighted by Gasteiger charge is 2.19. The van der Waals surface area contributed by atoms with Crippen LogP contribution in [0.3, 0.4) is 0 Å². The fourth-order valence-electron chi connectivity index (χ4n) is 1.80. The predicted octanol–water partition coefficient (Wildman–Crippen LogP) is 3.82. The number of ether oxygens (including phenoxy) is 1. The molecule has 0 amide bonds. The Kier molecular flexibility index (Phi) is 6.49. The van der Waals surface area contributed by atoms with Gasteiger partial charge in [-0.25, -0.2) is 0 Å². The van der Waals surface area contributed by atoms with Crippen LogP contribution in [0.1, 0.15) is 25.3 Å². The molecule has 1 N–H and O–H groups in total. The van der Waals surface area contributed by atoms with Crippen molar-refractivity contribution in [1.82, 2.24) is 0 Å². The second kappa shape index (κ2) is 7.37. The zero-order valence-electron chi connectivity index (χ0n) is 10.1. The molecule has 0 fully saturated rings. The smallest absolute Gasteiger partial charge is 0.0842 e. The highest BCUT2D eigenvalue weighted by Crippen LogP contribution is 2.23. The van der Waals surface area contributed by atoms with Crippen molar-refractivity contribution in [2.24, 2.45) is 0 Å². The Labute approximate surface area is 116 Å². The van der Waals surface area contributed by atoms with Gasteiger partial charge < -0.3 is 9.84 Å². The molecule has 2 atom stereocenters. The fraction of sp³-hybridized carbons (Fsp3) is 0.538. The molecule has 0 aliphatic rings. The molecule has 2 nitrogen and oxygen atoms in total. The predicted molar refractivity (Wildman–Crippen MR) is 74.6 cm³/mol.